The fraction of sp³-hybridized carbons (Fsp3) is 0.182. The highest BCUT2D eigenvalue weighted by atomic mass is 16.7. The zero-order valence-corrected chi connectivity index (χ0v) is 9.22. The minimum atomic E-state index is -0.554. The van der Waals surface area contributed by atoms with Gasteiger partial charge in [-0.05, 0) is 17.1 Å². The van der Waals surface area contributed by atoms with Crippen molar-refractivity contribution in [1.82, 2.24) is 9.55 Å². The second kappa shape index (κ2) is 4.02. The van der Waals surface area contributed by atoms with Crippen LogP contribution in [0.5, 0.6) is 11.8 Å². The fourth-order valence-electron chi connectivity index (χ4n) is 1.73. The van der Waals surface area contributed by atoms with Crippen molar-refractivity contribution in [3.63, 3.8) is 0 Å². The quantitative estimate of drug-likeness (QED) is 0.607. The van der Waals surface area contributed by atoms with E-state index < -0.39 is 11.2 Å². The molecule has 0 bridgehead atoms. The Morgan fingerprint density at radius 3 is 2.89 bits per heavy atom. The van der Waals surface area contributed by atoms with Crippen molar-refractivity contribution in [3.05, 3.63) is 46.6 Å². The van der Waals surface area contributed by atoms with Gasteiger partial charge in [-0.25, -0.2) is 0 Å². The van der Waals surface area contributed by atoms with Gasteiger partial charge in [-0.2, -0.15) is 0 Å². The number of benzene rings is 1. The molecule has 0 amide bonds. The van der Waals surface area contributed by atoms with Gasteiger partial charge in [-0.1, -0.05) is 18.2 Å². The summed E-state index contributed by atoms with van der Waals surface area (Å²) in [5, 5.41) is 10.5. The SMILES string of the molecule is O=[N+]([O-])c1cn2c(n1)OC(Oc1ccccc1)C2. The summed E-state index contributed by atoms with van der Waals surface area (Å²) < 4.78 is 12.5. The monoisotopic (exact) mass is 247 g/mol. The van der Waals surface area contributed by atoms with E-state index in [2.05, 4.69) is 4.98 Å². The first-order valence-corrected chi connectivity index (χ1v) is 5.32. The van der Waals surface area contributed by atoms with Crippen LogP contribution in [0, 0.1) is 10.1 Å². The maximum atomic E-state index is 10.5. The lowest BCUT2D eigenvalue weighted by atomic mass is 10.3. The highest BCUT2D eigenvalue weighted by molar-refractivity contribution is 5.24. The molecule has 1 aliphatic heterocycles. The molecule has 1 aliphatic rings. The molecule has 3 rings (SSSR count). The molecule has 0 saturated heterocycles. The standard InChI is InChI=1S/C11H9N3O4/c15-14(16)9-6-13-7-10(18-11(13)12-9)17-8-4-2-1-3-5-8/h1-6,10H,7H2. The van der Waals surface area contributed by atoms with E-state index in [9.17, 15) is 10.1 Å². The average molecular weight is 247 g/mol. The highest BCUT2D eigenvalue weighted by Gasteiger charge is 2.32. The largest absolute Gasteiger partial charge is 0.453 e. The summed E-state index contributed by atoms with van der Waals surface area (Å²) >= 11 is 0. The number of imidazole rings is 1. The van der Waals surface area contributed by atoms with Crippen LogP contribution < -0.4 is 9.47 Å². The topological polar surface area (TPSA) is 79.4 Å². The van der Waals surface area contributed by atoms with Gasteiger partial charge >= 0.3 is 11.8 Å². The number of rotatable bonds is 3. The molecule has 18 heavy (non-hydrogen) atoms. The summed E-state index contributed by atoms with van der Waals surface area (Å²) in [5.74, 6) is 0.464. The summed E-state index contributed by atoms with van der Waals surface area (Å²) in [6.45, 7) is 0.380. The molecule has 0 saturated carbocycles. The molecule has 0 fully saturated rings. The van der Waals surface area contributed by atoms with E-state index in [4.69, 9.17) is 9.47 Å². The molecule has 1 aromatic heterocycles. The molecule has 1 unspecified atom stereocenters. The normalized spacial score (nSPS) is 17.0. The van der Waals surface area contributed by atoms with Crippen LogP contribution in [0.2, 0.25) is 0 Å². The van der Waals surface area contributed by atoms with Crippen molar-refractivity contribution < 1.29 is 14.4 Å². The lowest BCUT2D eigenvalue weighted by Gasteiger charge is -2.11. The molecule has 7 heteroatoms. The first-order chi connectivity index (χ1) is 8.72. The Bertz CT molecular complexity index is 558. The van der Waals surface area contributed by atoms with E-state index in [0.717, 1.165) is 0 Å². The third kappa shape index (κ3) is 1.86. The van der Waals surface area contributed by atoms with Gasteiger partial charge in [0, 0.05) is 4.98 Å². The molecule has 2 aromatic rings. The summed E-state index contributed by atoms with van der Waals surface area (Å²) in [4.78, 5) is 13.7. The van der Waals surface area contributed by atoms with Gasteiger partial charge in [0.05, 0.1) is 0 Å². The lowest BCUT2D eigenvalue weighted by Crippen LogP contribution is -2.22. The van der Waals surface area contributed by atoms with Crippen LogP contribution in [0.4, 0.5) is 5.82 Å². The summed E-state index contributed by atoms with van der Waals surface area (Å²) in [7, 11) is 0. The predicted octanol–water partition coefficient (Wildman–Crippen LogP) is 1.59. The number of para-hydroxylation sites is 1. The molecule has 2 heterocycles. The Balaban J connectivity index is 1.70. The fourth-order valence-corrected chi connectivity index (χ4v) is 1.73. The van der Waals surface area contributed by atoms with Gasteiger partial charge in [0.2, 0.25) is 0 Å². The van der Waals surface area contributed by atoms with Gasteiger partial charge < -0.3 is 19.6 Å². The average Bonchev–Trinajstić information content (AvgIpc) is 2.88. The van der Waals surface area contributed by atoms with Gasteiger partial charge in [0.1, 0.15) is 18.5 Å². The van der Waals surface area contributed by atoms with Gasteiger partial charge in [0.25, 0.3) is 6.29 Å². The first kappa shape index (κ1) is 10.6. The molecule has 1 atom stereocenters. The zero-order chi connectivity index (χ0) is 12.5. The molecule has 0 N–H and O–H groups in total. The highest BCUT2D eigenvalue weighted by Crippen LogP contribution is 2.26. The van der Waals surface area contributed by atoms with Crippen molar-refractivity contribution in [2.24, 2.45) is 0 Å². The summed E-state index contributed by atoms with van der Waals surface area (Å²) in [5.41, 5.74) is 0. The van der Waals surface area contributed by atoms with Crippen molar-refractivity contribution in [3.8, 4) is 11.8 Å². The molecular formula is C11H9N3O4. The second-order valence-corrected chi connectivity index (χ2v) is 3.77. The van der Waals surface area contributed by atoms with Crippen LogP contribution in [0.25, 0.3) is 0 Å². The van der Waals surface area contributed by atoms with E-state index in [1.165, 1.54) is 6.20 Å². The minimum Gasteiger partial charge on any atom is -0.453 e. The van der Waals surface area contributed by atoms with Crippen LogP contribution in [0.1, 0.15) is 0 Å². The molecule has 0 spiro atoms. The van der Waals surface area contributed by atoms with E-state index in [-0.39, 0.29) is 11.8 Å². The molecule has 0 aliphatic carbocycles. The van der Waals surface area contributed by atoms with Crippen LogP contribution in [0.3, 0.4) is 0 Å². The van der Waals surface area contributed by atoms with E-state index in [1.54, 1.807) is 4.57 Å². The molecular weight excluding hydrogens is 238 g/mol. The zero-order valence-electron chi connectivity index (χ0n) is 9.22. The predicted molar refractivity (Wildman–Crippen MR) is 60.4 cm³/mol. The first-order valence-electron chi connectivity index (χ1n) is 5.32. The lowest BCUT2D eigenvalue weighted by molar-refractivity contribution is -0.389. The third-order valence-electron chi connectivity index (χ3n) is 2.51. The molecule has 92 valence electrons. The Morgan fingerprint density at radius 1 is 1.44 bits per heavy atom. The van der Waals surface area contributed by atoms with Gasteiger partial charge in [-0.15, -0.1) is 0 Å². The number of hydrogen-bond acceptors (Lipinski definition) is 5. The van der Waals surface area contributed by atoms with Crippen molar-refractivity contribution in [2.75, 3.05) is 0 Å². The Kier molecular flexibility index (Phi) is 2.36. The Labute approximate surface area is 102 Å². The number of fused-ring (bicyclic) bond motifs is 1. The number of nitro groups is 1. The summed E-state index contributed by atoms with van der Waals surface area (Å²) in [6, 6.07) is 9.43. The number of ether oxygens (including phenoxy) is 2. The smallest absolute Gasteiger partial charge is 0.417 e. The van der Waals surface area contributed by atoms with E-state index in [1.807, 2.05) is 30.3 Å². The van der Waals surface area contributed by atoms with Crippen molar-refractivity contribution in [1.29, 1.82) is 0 Å². The Morgan fingerprint density at radius 2 is 2.22 bits per heavy atom. The van der Waals surface area contributed by atoms with Crippen LogP contribution in [-0.4, -0.2) is 20.8 Å². The van der Waals surface area contributed by atoms with Crippen molar-refractivity contribution >= 4 is 5.82 Å². The van der Waals surface area contributed by atoms with E-state index in [0.29, 0.717) is 12.3 Å². The van der Waals surface area contributed by atoms with E-state index >= 15 is 0 Å². The maximum Gasteiger partial charge on any atom is 0.417 e. The van der Waals surface area contributed by atoms with Gasteiger partial charge in [0.15, 0.2) is 0 Å². The molecule has 7 nitrogen and oxygen atoms in total. The molecule has 1 aromatic carbocycles. The number of aromatic nitrogens is 2. The van der Waals surface area contributed by atoms with Gasteiger partial charge in [-0.3, -0.25) is 4.57 Å². The third-order valence-corrected chi connectivity index (χ3v) is 2.51. The number of hydrogen-bond donors (Lipinski definition) is 0. The minimum absolute atomic E-state index is 0.211. The van der Waals surface area contributed by atoms with Crippen LogP contribution in [-0.2, 0) is 6.54 Å². The molecule has 0 radical (unpaired) electrons. The number of nitrogens with zero attached hydrogens (tertiary/aromatic N) is 3. The Hall–Kier alpha value is -2.57. The second-order valence-electron chi connectivity index (χ2n) is 3.77. The maximum absolute atomic E-state index is 10.5. The van der Waals surface area contributed by atoms with Crippen LogP contribution >= 0.6 is 0 Å². The summed E-state index contributed by atoms with van der Waals surface area (Å²) in [6.07, 6.45) is 0.833. The van der Waals surface area contributed by atoms with Crippen LogP contribution in [0.15, 0.2) is 36.5 Å². The van der Waals surface area contributed by atoms with Crippen molar-refractivity contribution in [2.45, 2.75) is 12.8 Å².